The molecule has 0 fully saturated rings. The zero-order chi connectivity index (χ0) is 33.9. The first-order valence-electron chi connectivity index (χ1n) is 19.7. The normalized spacial score (nSPS) is 11.6. The molecule has 0 saturated carbocycles. The summed E-state index contributed by atoms with van der Waals surface area (Å²) in [5.74, 6) is 0. The lowest BCUT2D eigenvalue weighted by Crippen LogP contribution is -1.84. The van der Waals surface area contributed by atoms with Crippen LogP contribution in [0.3, 0.4) is 0 Å². The summed E-state index contributed by atoms with van der Waals surface area (Å²) in [7, 11) is 0. The van der Waals surface area contributed by atoms with Gasteiger partial charge in [-0.25, -0.2) is 0 Å². The molecule has 49 heavy (non-hydrogen) atoms. The van der Waals surface area contributed by atoms with Crippen molar-refractivity contribution in [2.24, 2.45) is 0 Å². The van der Waals surface area contributed by atoms with Crippen molar-refractivity contribution in [2.45, 2.75) is 155 Å². The largest absolute Gasteiger partial charge is 0.139 e. The molecule has 266 valence electrons. The van der Waals surface area contributed by atoms with Crippen molar-refractivity contribution in [2.75, 3.05) is 0 Å². The van der Waals surface area contributed by atoms with E-state index in [9.17, 15) is 0 Å². The fourth-order valence-electron chi connectivity index (χ4n) is 6.67. The van der Waals surface area contributed by atoms with E-state index in [1.165, 1.54) is 180 Å². The van der Waals surface area contributed by atoms with Crippen LogP contribution < -0.4 is 0 Å². The maximum Gasteiger partial charge on any atom is 0.0449 e. The summed E-state index contributed by atoms with van der Waals surface area (Å²) in [5, 5.41) is 0. The van der Waals surface area contributed by atoms with E-state index in [0.29, 0.717) is 0 Å². The Hall–Kier alpha value is -1.50. The van der Waals surface area contributed by atoms with Gasteiger partial charge in [0.25, 0.3) is 0 Å². The van der Waals surface area contributed by atoms with Crippen molar-refractivity contribution >= 4 is 56.7 Å². The monoisotopic (exact) mass is 748 g/mol. The highest BCUT2D eigenvalue weighted by molar-refractivity contribution is 7.29. The molecular formula is C44H60S5. The van der Waals surface area contributed by atoms with Gasteiger partial charge in [-0.05, 0) is 86.3 Å². The van der Waals surface area contributed by atoms with Crippen molar-refractivity contribution in [1.82, 2.24) is 0 Å². The molecule has 5 aromatic rings. The first-order valence-corrected chi connectivity index (χ1v) is 23.8. The predicted octanol–water partition coefficient (Wildman–Crippen LogP) is 17.6. The van der Waals surface area contributed by atoms with Crippen LogP contribution in [0.5, 0.6) is 0 Å². The third-order valence-corrected chi connectivity index (χ3v) is 16.0. The molecule has 0 aliphatic carbocycles. The Morgan fingerprint density at radius 3 is 0.776 bits per heavy atom. The lowest BCUT2D eigenvalue weighted by Gasteiger charge is -2.02. The van der Waals surface area contributed by atoms with Gasteiger partial charge < -0.3 is 0 Å². The Bertz CT molecular complexity index is 1460. The molecule has 0 nitrogen and oxygen atoms in total. The van der Waals surface area contributed by atoms with E-state index in [1.54, 1.807) is 9.75 Å². The molecule has 0 unspecified atom stereocenters. The second-order valence-electron chi connectivity index (χ2n) is 13.9. The van der Waals surface area contributed by atoms with Gasteiger partial charge in [0, 0.05) is 48.8 Å². The minimum absolute atomic E-state index is 1.24. The molecule has 0 saturated heterocycles. The van der Waals surface area contributed by atoms with Crippen molar-refractivity contribution in [1.29, 1.82) is 0 Å². The smallest absolute Gasteiger partial charge is 0.0449 e. The Morgan fingerprint density at radius 2 is 0.490 bits per heavy atom. The molecule has 5 rings (SSSR count). The lowest BCUT2D eigenvalue weighted by atomic mass is 10.1. The average Bonchev–Trinajstić information content (AvgIpc) is 3.95. The van der Waals surface area contributed by atoms with Crippen LogP contribution in [0.4, 0.5) is 0 Å². The van der Waals surface area contributed by atoms with Gasteiger partial charge in [-0.15, -0.1) is 56.7 Å². The van der Waals surface area contributed by atoms with Crippen molar-refractivity contribution in [3.63, 3.8) is 0 Å². The highest BCUT2D eigenvalue weighted by atomic mass is 32.1. The number of rotatable bonds is 26. The summed E-state index contributed by atoms with van der Waals surface area (Å²) < 4.78 is 0. The maximum absolute atomic E-state index is 2.37. The molecule has 0 aromatic carbocycles. The predicted molar refractivity (Wildman–Crippen MR) is 229 cm³/mol. The van der Waals surface area contributed by atoms with E-state index in [-0.39, 0.29) is 0 Å². The zero-order valence-electron chi connectivity index (χ0n) is 30.4. The molecule has 0 N–H and O–H groups in total. The molecule has 0 spiro atoms. The van der Waals surface area contributed by atoms with Crippen molar-refractivity contribution in [3.05, 3.63) is 70.4 Å². The van der Waals surface area contributed by atoms with Gasteiger partial charge in [-0.1, -0.05) is 129 Å². The number of hydrogen-bond donors (Lipinski definition) is 0. The molecular weight excluding hydrogens is 689 g/mol. The lowest BCUT2D eigenvalue weighted by molar-refractivity contribution is 0.557. The van der Waals surface area contributed by atoms with Crippen LogP contribution in [-0.2, 0) is 12.8 Å². The molecule has 0 bridgehead atoms. The third-order valence-electron chi connectivity index (χ3n) is 9.67. The van der Waals surface area contributed by atoms with E-state index in [0.717, 1.165) is 0 Å². The van der Waals surface area contributed by atoms with E-state index in [4.69, 9.17) is 0 Å². The van der Waals surface area contributed by atoms with E-state index in [2.05, 4.69) is 74.5 Å². The molecule has 0 amide bonds. The van der Waals surface area contributed by atoms with Crippen LogP contribution in [-0.4, -0.2) is 0 Å². The van der Waals surface area contributed by atoms with E-state index >= 15 is 0 Å². The molecule has 0 atom stereocenters. The standard InChI is InChI=1S/C44H60S5/c1-3-5-7-9-11-13-15-17-19-21-23-35-25-27-37(45-35)39-29-31-41(47-39)43-33-34-44(49-43)42-32-30-40(48-42)38-28-26-36(46-38)24-22-20-18-16-14-12-10-8-6-4-2/h25-34H,3-24H2,1-2H3. The minimum atomic E-state index is 1.24. The molecule has 5 aromatic heterocycles. The summed E-state index contributed by atoms with van der Waals surface area (Å²) >= 11 is 9.85. The maximum atomic E-state index is 2.37. The summed E-state index contributed by atoms with van der Waals surface area (Å²) in [6, 6.07) is 23.5. The van der Waals surface area contributed by atoms with Crippen LogP contribution in [0.15, 0.2) is 60.7 Å². The van der Waals surface area contributed by atoms with Gasteiger partial charge in [0.1, 0.15) is 0 Å². The molecule has 0 aliphatic rings. The van der Waals surface area contributed by atoms with Gasteiger partial charge in [-0.2, -0.15) is 0 Å². The zero-order valence-corrected chi connectivity index (χ0v) is 34.5. The number of thiophene rings is 5. The second kappa shape index (κ2) is 22.4. The summed E-state index contributed by atoms with van der Waals surface area (Å²) in [6.45, 7) is 4.60. The van der Waals surface area contributed by atoms with Crippen LogP contribution in [0.2, 0.25) is 0 Å². The summed E-state index contributed by atoms with van der Waals surface area (Å²) in [6.07, 6.45) is 30.6. The van der Waals surface area contributed by atoms with Crippen LogP contribution in [0.1, 0.15) is 152 Å². The fourth-order valence-corrected chi connectivity index (χ4v) is 12.1. The first kappa shape index (κ1) is 38.7. The number of aryl methyl sites for hydroxylation is 2. The summed E-state index contributed by atoms with van der Waals surface area (Å²) in [5.41, 5.74) is 0. The Morgan fingerprint density at radius 1 is 0.265 bits per heavy atom. The van der Waals surface area contributed by atoms with E-state index in [1.807, 2.05) is 56.7 Å². The highest BCUT2D eigenvalue weighted by Crippen LogP contribution is 2.45. The summed E-state index contributed by atoms with van der Waals surface area (Å²) in [4.78, 5) is 14.3. The number of hydrogen-bond acceptors (Lipinski definition) is 5. The Balaban J connectivity index is 1.02. The Labute approximate surface area is 319 Å². The van der Waals surface area contributed by atoms with Gasteiger partial charge in [-0.3, -0.25) is 0 Å². The SMILES string of the molecule is CCCCCCCCCCCCc1ccc(-c2ccc(-c3ccc(-c4ccc(-c5ccc(CCCCCCCCCCCC)s5)s4)s3)s2)s1. The molecule has 0 radical (unpaired) electrons. The van der Waals surface area contributed by atoms with Gasteiger partial charge in [0.05, 0.1) is 0 Å². The van der Waals surface area contributed by atoms with Gasteiger partial charge in [0.2, 0.25) is 0 Å². The van der Waals surface area contributed by atoms with Gasteiger partial charge in [0.15, 0.2) is 0 Å². The molecule has 5 heteroatoms. The van der Waals surface area contributed by atoms with Crippen LogP contribution >= 0.6 is 56.7 Å². The topological polar surface area (TPSA) is 0 Å². The fraction of sp³-hybridized carbons (Fsp3) is 0.545. The molecule has 5 heterocycles. The average molecular weight is 749 g/mol. The highest BCUT2D eigenvalue weighted by Gasteiger charge is 2.13. The van der Waals surface area contributed by atoms with E-state index < -0.39 is 0 Å². The number of unbranched alkanes of at least 4 members (excludes halogenated alkanes) is 18. The van der Waals surface area contributed by atoms with Crippen molar-refractivity contribution < 1.29 is 0 Å². The minimum Gasteiger partial charge on any atom is -0.139 e. The second-order valence-corrected chi connectivity index (χ2v) is 19.5. The van der Waals surface area contributed by atoms with Crippen LogP contribution in [0.25, 0.3) is 39.0 Å². The first-order chi connectivity index (χ1) is 24.2. The van der Waals surface area contributed by atoms with Crippen molar-refractivity contribution in [3.8, 4) is 39.0 Å². The Kier molecular flexibility index (Phi) is 17.7. The van der Waals surface area contributed by atoms with Crippen LogP contribution in [0, 0.1) is 0 Å². The molecule has 0 aliphatic heterocycles. The quantitative estimate of drug-likeness (QED) is 0.0494. The van der Waals surface area contributed by atoms with Gasteiger partial charge >= 0.3 is 0 Å². The third kappa shape index (κ3) is 13.2.